The predicted octanol–water partition coefficient (Wildman–Crippen LogP) is 2.28. The first-order chi connectivity index (χ1) is 7.43. The zero-order valence-corrected chi connectivity index (χ0v) is 9.77. The molecule has 4 nitrogen and oxygen atoms in total. The summed E-state index contributed by atoms with van der Waals surface area (Å²) in [6.45, 7) is -0.0151. The topological polar surface area (TPSA) is 56.2 Å². The number of pyridine rings is 1. The van der Waals surface area contributed by atoms with Crippen molar-refractivity contribution in [3.05, 3.63) is 28.7 Å². The van der Waals surface area contributed by atoms with Crippen LogP contribution in [0.15, 0.2) is 12.3 Å². The molecule has 2 aromatic heterocycles. The van der Waals surface area contributed by atoms with Crippen LogP contribution >= 0.6 is 24.0 Å². The molecule has 0 bridgehead atoms. The molecule has 0 aliphatic carbocycles. The number of alkyl halides is 3. The Bertz CT molecular complexity index is 537. The number of aromatic nitrogens is 3. The number of rotatable bonds is 1. The van der Waals surface area contributed by atoms with Gasteiger partial charge in [-0.3, -0.25) is 4.40 Å². The fourth-order valence-electron chi connectivity index (χ4n) is 1.29. The lowest BCUT2D eigenvalue weighted by Crippen LogP contribution is -2.09. The smallest absolute Gasteiger partial charge is 0.324 e. The van der Waals surface area contributed by atoms with Crippen molar-refractivity contribution in [3.8, 4) is 0 Å². The van der Waals surface area contributed by atoms with Crippen molar-refractivity contribution in [2.45, 2.75) is 12.7 Å². The van der Waals surface area contributed by atoms with Crippen LogP contribution in [0.5, 0.6) is 0 Å². The third-order valence-corrected chi connectivity index (χ3v) is 2.32. The highest BCUT2D eigenvalue weighted by atomic mass is 35.5. The lowest BCUT2D eigenvalue weighted by molar-refractivity contribution is -0.137. The molecule has 0 atom stereocenters. The Kier molecular flexibility index (Phi) is 3.85. The summed E-state index contributed by atoms with van der Waals surface area (Å²) in [5.41, 5.74) is 4.62. The van der Waals surface area contributed by atoms with Gasteiger partial charge in [0.15, 0.2) is 11.5 Å². The summed E-state index contributed by atoms with van der Waals surface area (Å²) < 4.78 is 38.6. The van der Waals surface area contributed by atoms with Crippen LogP contribution in [0.25, 0.3) is 5.65 Å². The lowest BCUT2D eigenvalue weighted by Gasteiger charge is -2.08. The van der Waals surface area contributed by atoms with Gasteiger partial charge < -0.3 is 5.73 Å². The normalized spacial score (nSPS) is 11.6. The van der Waals surface area contributed by atoms with Gasteiger partial charge in [-0.25, -0.2) is 0 Å². The third-order valence-electron chi connectivity index (χ3n) is 2.04. The van der Waals surface area contributed by atoms with E-state index in [2.05, 4.69) is 10.2 Å². The molecule has 9 heteroatoms. The molecule has 0 unspecified atom stereocenters. The standard InChI is InChI=1S/C8H6ClF3N4.ClH/c9-5-1-4(8(10,11)12)3-16-6(2-13)14-15-7(5)16;/h1,3H,2,13H2;1H. The Hall–Kier alpha value is -1.05. The number of fused-ring (bicyclic) bond motifs is 1. The Morgan fingerprint density at radius 2 is 2.00 bits per heavy atom. The number of hydrogen-bond donors (Lipinski definition) is 1. The quantitative estimate of drug-likeness (QED) is 0.875. The van der Waals surface area contributed by atoms with E-state index < -0.39 is 11.7 Å². The maximum atomic E-state index is 12.5. The van der Waals surface area contributed by atoms with E-state index >= 15 is 0 Å². The van der Waals surface area contributed by atoms with Crippen molar-refractivity contribution in [3.63, 3.8) is 0 Å². The average molecular weight is 287 g/mol. The first-order valence-corrected chi connectivity index (χ1v) is 4.61. The van der Waals surface area contributed by atoms with Crippen molar-refractivity contribution in [1.29, 1.82) is 0 Å². The Morgan fingerprint density at radius 3 is 2.53 bits per heavy atom. The molecule has 94 valence electrons. The predicted molar refractivity (Wildman–Crippen MR) is 58.1 cm³/mol. The van der Waals surface area contributed by atoms with Crippen LogP contribution in [0.3, 0.4) is 0 Å². The summed E-state index contributed by atoms with van der Waals surface area (Å²) in [6.07, 6.45) is -3.59. The van der Waals surface area contributed by atoms with Crippen molar-refractivity contribution < 1.29 is 13.2 Å². The summed E-state index contributed by atoms with van der Waals surface area (Å²) >= 11 is 5.67. The molecule has 2 rings (SSSR count). The van der Waals surface area contributed by atoms with E-state index in [4.69, 9.17) is 17.3 Å². The van der Waals surface area contributed by atoms with Gasteiger partial charge >= 0.3 is 6.18 Å². The van der Waals surface area contributed by atoms with E-state index in [9.17, 15) is 13.2 Å². The van der Waals surface area contributed by atoms with E-state index in [0.29, 0.717) is 0 Å². The van der Waals surface area contributed by atoms with E-state index in [1.54, 1.807) is 0 Å². The van der Waals surface area contributed by atoms with Crippen LogP contribution in [0, 0.1) is 0 Å². The maximum absolute atomic E-state index is 12.5. The van der Waals surface area contributed by atoms with E-state index in [-0.39, 0.29) is 35.4 Å². The van der Waals surface area contributed by atoms with E-state index in [1.807, 2.05) is 0 Å². The van der Waals surface area contributed by atoms with Crippen molar-refractivity contribution in [2.24, 2.45) is 5.73 Å². The van der Waals surface area contributed by atoms with E-state index in [0.717, 1.165) is 16.7 Å². The molecular formula is C8H7Cl2F3N4. The van der Waals surface area contributed by atoms with E-state index in [1.165, 1.54) is 0 Å². The number of nitrogens with two attached hydrogens (primary N) is 1. The van der Waals surface area contributed by atoms with Gasteiger partial charge in [-0.1, -0.05) is 11.6 Å². The highest BCUT2D eigenvalue weighted by Crippen LogP contribution is 2.32. The minimum Gasteiger partial charge on any atom is -0.324 e. The summed E-state index contributed by atoms with van der Waals surface area (Å²) in [5, 5.41) is 7.17. The highest BCUT2D eigenvalue weighted by molar-refractivity contribution is 6.33. The summed E-state index contributed by atoms with van der Waals surface area (Å²) in [4.78, 5) is 0. The summed E-state index contributed by atoms with van der Waals surface area (Å²) in [6, 6.07) is 0.811. The molecule has 2 aromatic rings. The van der Waals surface area contributed by atoms with Crippen molar-refractivity contribution >= 4 is 29.7 Å². The monoisotopic (exact) mass is 286 g/mol. The minimum atomic E-state index is -4.46. The Balaban J connectivity index is 0.00000144. The summed E-state index contributed by atoms with van der Waals surface area (Å²) in [7, 11) is 0. The SMILES string of the molecule is Cl.NCc1nnc2c(Cl)cc(C(F)(F)F)cn12. The van der Waals surface area contributed by atoms with Crippen LogP contribution in [0.1, 0.15) is 11.4 Å². The second-order valence-electron chi connectivity index (χ2n) is 3.09. The molecule has 0 saturated heterocycles. The maximum Gasteiger partial charge on any atom is 0.417 e. The van der Waals surface area contributed by atoms with Gasteiger partial charge in [-0.2, -0.15) is 13.2 Å². The molecular weight excluding hydrogens is 280 g/mol. The Morgan fingerprint density at radius 1 is 1.35 bits per heavy atom. The minimum absolute atomic E-state index is 0. The second kappa shape index (κ2) is 4.67. The number of halogens is 5. The molecule has 0 saturated carbocycles. The molecule has 0 spiro atoms. The van der Waals surface area contributed by atoms with Crippen LogP contribution in [-0.4, -0.2) is 14.6 Å². The molecule has 2 N–H and O–H groups in total. The summed E-state index contributed by atoms with van der Waals surface area (Å²) in [5.74, 6) is 0.225. The van der Waals surface area contributed by atoms with Gasteiger partial charge in [0.05, 0.1) is 17.1 Å². The van der Waals surface area contributed by atoms with Gasteiger partial charge in [-0.15, -0.1) is 22.6 Å². The molecule has 0 amide bonds. The molecule has 2 heterocycles. The molecule has 0 radical (unpaired) electrons. The largest absolute Gasteiger partial charge is 0.417 e. The van der Waals surface area contributed by atoms with Crippen LogP contribution < -0.4 is 5.73 Å². The van der Waals surface area contributed by atoms with Crippen LogP contribution in [-0.2, 0) is 12.7 Å². The fraction of sp³-hybridized carbons (Fsp3) is 0.250. The first-order valence-electron chi connectivity index (χ1n) is 4.24. The van der Waals surface area contributed by atoms with Crippen LogP contribution in [0.4, 0.5) is 13.2 Å². The fourth-order valence-corrected chi connectivity index (χ4v) is 1.54. The first kappa shape index (κ1) is 14.0. The van der Waals surface area contributed by atoms with Gasteiger partial charge in [0, 0.05) is 6.20 Å². The Labute approximate surface area is 105 Å². The van der Waals surface area contributed by atoms with Crippen molar-refractivity contribution in [1.82, 2.24) is 14.6 Å². The molecule has 0 fully saturated rings. The van der Waals surface area contributed by atoms with Crippen LogP contribution in [0.2, 0.25) is 5.02 Å². The zero-order valence-electron chi connectivity index (χ0n) is 8.20. The lowest BCUT2D eigenvalue weighted by atomic mass is 10.3. The molecule has 0 aliphatic rings. The average Bonchev–Trinajstić information content (AvgIpc) is 2.59. The molecule has 0 aromatic carbocycles. The van der Waals surface area contributed by atoms with Gasteiger partial charge in [0.25, 0.3) is 0 Å². The highest BCUT2D eigenvalue weighted by Gasteiger charge is 2.32. The zero-order chi connectivity index (χ0) is 11.9. The third kappa shape index (κ3) is 2.46. The van der Waals surface area contributed by atoms with Crippen molar-refractivity contribution in [2.75, 3.05) is 0 Å². The molecule has 0 aliphatic heterocycles. The molecule has 17 heavy (non-hydrogen) atoms. The van der Waals surface area contributed by atoms with Gasteiger partial charge in [0.1, 0.15) is 0 Å². The number of nitrogens with zero attached hydrogens (tertiary/aromatic N) is 3. The number of hydrogen-bond acceptors (Lipinski definition) is 3. The second-order valence-corrected chi connectivity index (χ2v) is 3.50. The van der Waals surface area contributed by atoms with Gasteiger partial charge in [-0.05, 0) is 6.07 Å². The van der Waals surface area contributed by atoms with Gasteiger partial charge in [0.2, 0.25) is 0 Å².